The monoisotopic (exact) mass is 459 g/mol. The van der Waals surface area contributed by atoms with Gasteiger partial charge in [-0.3, -0.25) is 9.59 Å². The van der Waals surface area contributed by atoms with E-state index in [0.717, 1.165) is 57.9 Å². The molecule has 1 amide bonds. The van der Waals surface area contributed by atoms with E-state index in [-0.39, 0.29) is 16.7 Å². The first-order chi connectivity index (χ1) is 15.7. The van der Waals surface area contributed by atoms with Gasteiger partial charge in [0.25, 0.3) is 0 Å². The minimum Gasteiger partial charge on any atom is -0.388 e. The van der Waals surface area contributed by atoms with Crippen molar-refractivity contribution in [1.82, 2.24) is 4.90 Å². The van der Waals surface area contributed by atoms with Gasteiger partial charge in [0.2, 0.25) is 5.91 Å². The van der Waals surface area contributed by atoms with Crippen LogP contribution in [0.3, 0.4) is 0 Å². The zero-order valence-corrected chi connectivity index (χ0v) is 21.8. The molecule has 0 aromatic rings. The molecule has 188 valence electrons. The van der Waals surface area contributed by atoms with E-state index < -0.39 is 5.60 Å². The van der Waals surface area contributed by atoms with E-state index in [9.17, 15) is 14.7 Å². The van der Waals surface area contributed by atoms with E-state index in [1.807, 2.05) is 11.8 Å². The van der Waals surface area contributed by atoms with Crippen LogP contribution in [-0.2, 0) is 9.59 Å². The molecule has 0 aromatic carbocycles. The molecule has 4 rings (SSSR count). The summed E-state index contributed by atoms with van der Waals surface area (Å²) < 4.78 is 0. The lowest BCUT2D eigenvalue weighted by molar-refractivity contribution is -0.161. The average Bonchev–Trinajstić information content (AvgIpc) is 3.10. The van der Waals surface area contributed by atoms with Crippen LogP contribution >= 0.6 is 0 Å². The van der Waals surface area contributed by atoms with Crippen LogP contribution in [0.1, 0.15) is 118 Å². The molecule has 4 nitrogen and oxygen atoms in total. The van der Waals surface area contributed by atoms with Gasteiger partial charge in [-0.1, -0.05) is 47.0 Å². The molecule has 33 heavy (non-hydrogen) atoms. The normalized spacial score (nSPS) is 42.4. The maximum Gasteiger partial charge on any atom is 0.222 e. The number of Topliss-reactive ketones (excluding diaryl/α,β-unsaturated/α-hetero) is 1. The van der Waals surface area contributed by atoms with E-state index >= 15 is 0 Å². The second kappa shape index (κ2) is 9.63. The Kier molecular flexibility index (Phi) is 7.35. The lowest BCUT2D eigenvalue weighted by Crippen LogP contribution is -2.58. The first-order valence-corrected chi connectivity index (χ1v) is 14.2. The molecule has 0 heterocycles. The van der Waals surface area contributed by atoms with Crippen LogP contribution in [0.2, 0.25) is 0 Å². The highest BCUT2D eigenvalue weighted by Crippen LogP contribution is 2.66. The summed E-state index contributed by atoms with van der Waals surface area (Å²) >= 11 is 0. The van der Waals surface area contributed by atoms with Gasteiger partial charge in [0, 0.05) is 31.3 Å². The predicted molar refractivity (Wildman–Crippen MR) is 133 cm³/mol. The van der Waals surface area contributed by atoms with E-state index in [2.05, 4.69) is 20.8 Å². The Morgan fingerprint density at radius 2 is 1.79 bits per heavy atom. The molecule has 4 saturated carbocycles. The number of ketones is 1. The zero-order valence-electron chi connectivity index (χ0n) is 21.8. The number of aliphatic hydroxyl groups is 1. The number of carbonyl (C=O) groups is 2. The van der Waals surface area contributed by atoms with Crippen LogP contribution < -0.4 is 0 Å². The number of carbonyl (C=O) groups excluding carboxylic acids is 2. The van der Waals surface area contributed by atoms with Crippen LogP contribution in [0.4, 0.5) is 0 Å². The van der Waals surface area contributed by atoms with E-state index in [1.54, 1.807) is 0 Å². The SMILES string of the molecule is CCCCCCN(C[C@@]1(O)CC[C@@]2(C)C(CC[C@@H]3[C@@H]2CC[C@]2(C)C(=O)CC[C@@H]32)C1)C(=O)CC. The van der Waals surface area contributed by atoms with Crippen molar-refractivity contribution in [1.29, 1.82) is 0 Å². The molecule has 0 spiro atoms. The third kappa shape index (κ3) is 4.55. The lowest BCUT2D eigenvalue weighted by Gasteiger charge is -2.61. The number of fused-ring (bicyclic) bond motifs is 5. The summed E-state index contributed by atoms with van der Waals surface area (Å²) in [6.45, 7) is 10.2. The number of hydrogen-bond donors (Lipinski definition) is 1. The van der Waals surface area contributed by atoms with Gasteiger partial charge in [-0.15, -0.1) is 0 Å². The van der Waals surface area contributed by atoms with Crippen LogP contribution in [0.25, 0.3) is 0 Å². The molecule has 0 aromatic heterocycles. The summed E-state index contributed by atoms with van der Waals surface area (Å²) in [6.07, 6.45) is 14.4. The van der Waals surface area contributed by atoms with Gasteiger partial charge in [0.05, 0.1) is 5.60 Å². The van der Waals surface area contributed by atoms with Crippen LogP contribution in [0.5, 0.6) is 0 Å². The second-order valence-electron chi connectivity index (χ2n) is 12.7. The molecule has 1 N–H and O–H groups in total. The molecule has 4 heteroatoms. The molecule has 0 aliphatic heterocycles. The Labute approximate surface area is 202 Å². The molecule has 4 aliphatic carbocycles. The Balaban J connectivity index is 1.43. The third-order valence-corrected chi connectivity index (χ3v) is 11.0. The first-order valence-electron chi connectivity index (χ1n) is 14.2. The Morgan fingerprint density at radius 1 is 1.00 bits per heavy atom. The van der Waals surface area contributed by atoms with Crippen molar-refractivity contribution in [2.75, 3.05) is 13.1 Å². The van der Waals surface area contributed by atoms with E-state index in [1.165, 1.54) is 32.1 Å². The van der Waals surface area contributed by atoms with E-state index in [0.29, 0.717) is 42.4 Å². The summed E-state index contributed by atoms with van der Waals surface area (Å²) in [5.41, 5.74) is -0.513. The van der Waals surface area contributed by atoms with Crippen molar-refractivity contribution in [2.24, 2.45) is 34.5 Å². The fourth-order valence-corrected chi connectivity index (χ4v) is 8.84. The van der Waals surface area contributed by atoms with Gasteiger partial charge in [-0.25, -0.2) is 0 Å². The highest BCUT2D eigenvalue weighted by molar-refractivity contribution is 5.87. The number of nitrogens with zero attached hydrogens (tertiary/aromatic N) is 1. The van der Waals surface area contributed by atoms with Gasteiger partial charge in [-0.05, 0) is 86.9 Å². The Hall–Kier alpha value is -0.900. The van der Waals surface area contributed by atoms with Crippen LogP contribution in [-0.4, -0.2) is 40.4 Å². The van der Waals surface area contributed by atoms with Crippen molar-refractivity contribution >= 4 is 11.7 Å². The molecular formula is C29H49NO3. The Bertz CT molecular complexity index is 736. The minimum absolute atomic E-state index is 0.0570. The lowest BCUT2D eigenvalue weighted by atomic mass is 9.44. The summed E-state index contributed by atoms with van der Waals surface area (Å²) in [5, 5.41) is 11.7. The standard InChI is InChI=1S/C29H49NO3/c1-5-7-8-9-18-30(26(32)6-2)20-29(33)17-16-27(3)21(19-29)10-11-22-23-12-13-25(31)28(23,4)15-14-24(22)27/h21-24,33H,5-20H2,1-4H3/t21?,22-,23-,24-,27-,28-,29+/m0/s1. The molecule has 1 unspecified atom stereocenters. The Morgan fingerprint density at radius 3 is 2.52 bits per heavy atom. The topological polar surface area (TPSA) is 57.6 Å². The number of amides is 1. The van der Waals surface area contributed by atoms with Gasteiger partial charge in [0.15, 0.2) is 0 Å². The fraction of sp³-hybridized carbons (Fsp3) is 0.931. The van der Waals surface area contributed by atoms with Crippen molar-refractivity contribution in [3.63, 3.8) is 0 Å². The van der Waals surface area contributed by atoms with Crippen molar-refractivity contribution < 1.29 is 14.7 Å². The summed E-state index contributed by atoms with van der Waals surface area (Å²) in [7, 11) is 0. The van der Waals surface area contributed by atoms with Gasteiger partial charge in [-0.2, -0.15) is 0 Å². The van der Waals surface area contributed by atoms with Gasteiger partial charge >= 0.3 is 0 Å². The smallest absolute Gasteiger partial charge is 0.222 e. The fourth-order valence-electron chi connectivity index (χ4n) is 8.84. The maximum atomic E-state index is 12.7. The molecule has 0 bridgehead atoms. The minimum atomic E-state index is -0.737. The quantitative estimate of drug-likeness (QED) is 0.443. The highest BCUT2D eigenvalue weighted by Gasteiger charge is 2.61. The molecule has 0 saturated heterocycles. The molecule has 0 radical (unpaired) electrons. The van der Waals surface area contributed by atoms with Crippen molar-refractivity contribution in [3.05, 3.63) is 0 Å². The van der Waals surface area contributed by atoms with Gasteiger partial charge in [0.1, 0.15) is 5.78 Å². The van der Waals surface area contributed by atoms with Crippen molar-refractivity contribution in [3.8, 4) is 0 Å². The van der Waals surface area contributed by atoms with Crippen LogP contribution in [0.15, 0.2) is 0 Å². The highest BCUT2D eigenvalue weighted by atomic mass is 16.3. The van der Waals surface area contributed by atoms with Crippen LogP contribution in [0, 0.1) is 34.5 Å². The first kappa shape index (κ1) is 25.2. The zero-order chi connectivity index (χ0) is 23.9. The predicted octanol–water partition coefficient (Wildman–Crippen LogP) is 6.15. The summed E-state index contributed by atoms with van der Waals surface area (Å²) in [4.78, 5) is 27.3. The second-order valence-corrected chi connectivity index (χ2v) is 12.7. The molecular weight excluding hydrogens is 410 g/mol. The number of hydrogen-bond acceptors (Lipinski definition) is 3. The van der Waals surface area contributed by atoms with Crippen molar-refractivity contribution in [2.45, 2.75) is 123 Å². The maximum absolute atomic E-state index is 12.7. The van der Waals surface area contributed by atoms with E-state index in [4.69, 9.17) is 0 Å². The number of unbranched alkanes of at least 4 members (excludes halogenated alkanes) is 3. The number of rotatable bonds is 8. The summed E-state index contributed by atoms with van der Waals surface area (Å²) in [5.74, 6) is 3.23. The summed E-state index contributed by atoms with van der Waals surface area (Å²) in [6, 6.07) is 0. The average molecular weight is 460 g/mol. The molecule has 7 atom stereocenters. The molecule has 4 aliphatic rings. The molecule has 4 fully saturated rings. The van der Waals surface area contributed by atoms with Gasteiger partial charge < -0.3 is 10.0 Å². The third-order valence-electron chi connectivity index (χ3n) is 11.0. The largest absolute Gasteiger partial charge is 0.388 e.